The smallest absolute Gasteiger partial charge is 0.264 e. The molecule has 0 saturated heterocycles. The van der Waals surface area contributed by atoms with Crippen LogP contribution in [0, 0.1) is 26.6 Å². The van der Waals surface area contributed by atoms with Crippen molar-refractivity contribution in [3.05, 3.63) is 94.8 Å². The maximum atomic E-state index is 14.1. The molecule has 0 unspecified atom stereocenters. The standard InChI is InChI=1S/C31H38FN3O4S/c1-7-29(31(37)33-21(2)3)34(19-25-10-12-26(32)13-11-25)30(36)20-35(27-17-23(5)16-24(6)18-27)40(38,39)28-14-8-22(4)9-15-28/h8-18,21,29H,7,19-20H2,1-6H3,(H,33,37)/t29-/m0/s1. The van der Waals surface area contributed by atoms with Gasteiger partial charge in [0.2, 0.25) is 11.8 Å². The van der Waals surface area contributed by atoms with Crippen molar-refractivity contribution in [3.63, 3.8) is 0 Å². The Balaban J connectivity index is 2.09. The number of aryl methyl sites for hydroxylation is 3. The van der Waals surface area contributed by atoms with Crippen molar-refractivity contribution in [2.24, 2.45) is 0 Å². The number of carbonyl (C=O) groups excluding carboxylic acids is 2. The Hall–Kier alpha value is -3.72. The Kier molecular flexibility index (Phi) is 10.1. The molecule has 0 saturated carbocycles. The van der Waals surface area contributed by atoms with E-state index in [2.05, 4.69) is 5.32 Å². The van der Waals surface area contributed by atoms with E-state index < -0.39 is 34.3 Å². The first kappa shape index (κ1) is 30.8. The molecule has 40 heavy (non-hydrogen) atoms. The molecule has 3 aromatic carbocycles. The van der Waals surface area contributed by atoms with Gasteiger partial charge in [0.05, 0.1) is 10.6 Å². The lowest BCUT2D eigenvalue weighted by atomic mass is 10.1. The molecule has 7 nitrogen and oxygen atoms in total. The number of halogens is 1. The lowest BCUT2D eigenvalue weighted by Crippen LogP contribution is -2.53. The molecule has 0 aromatic heterocycles. The minimum Gasteiger partial charge on any atom is -0.352 e. The predicted octanol–water partition coefficient (Wildman–Crippen LogP) is 5.28. The summed E-state index contributed by atoms with van der Waals surface area (Å²) in [7, 11) is -4.15. The molecule has 0 aliphatic carbocycles. The highest BCUT2D eigenvalue weighted by atomic mass is 32.2. The molecule has 0 bridgehead atoms. The van der Waals surface area contributed by atoms with E-state index >= 15 is 0 Å². The molecule has 0 heterocycles. The van der Waals surface area contributed by atoms with Crippen LogP contribution >= 0.6 is 0 Å². The summed E-state index contributed by atoms with van der Waals surface area (Å²) in [5, 5.41) is 2.86. The highest BCUT2D eigenvalue weighted by Gasteiger charge is 2.34. The van der Waals surface area contributed by atoms with Crippen LogP contribution in [0.15, 0.2) is 71.6 Å². The lowest BCUT2D eigenvalue weighted by molar-refractivity contribution is -0.140. The van der Waals surface area contributed by atoms with E-state index in [4.69, 9.17) is 0 Å². The number of nitrogens with zero attached hydrogens (tertiary/aromatic N) is 2. The van der Waals surface area contributed by atoms with E-state index in [9.17, 15) is 22.4 Å². The summed E-state index contributed by atoms with van der Waals surface area (Å²) in [6, 6.07) is 16.5. The summed E-state index contributed by atoms with van der Waals surface area (Å²) >= 11 is 0. The van der Waals surface area contributed by atoms with E-state index in [0.717, 1.165) is 21.0 Å². The number of hydrogen-bond donors (Lipinski definition) is 1. The van der Waals surface area contributed by atoms with Gasteiger partial charge in [0, 0.05) is 12.6 Å². The number of anilines is 1. The topological polar surface area (TPSA) is 86.8 Å². The lowest BCUT2D eigenvalue weighted by Gasteiger charge is -2.33. The van der Waals surface area contributed by atoms with E-state index in [-0.39, 0.29) is 23.4 Å². The van der Waals surface area contributed by atoms with Gasteiger partial charge in [-0.1, -0.05) is 42.8 Å². The first-order valence-corrected chi connectivity index (χ1v) is 14.8. The zero-order valence-electron chi connectivity index (χ0n) is 23.9. The zero-order valence-corrected chi connectivity index (χ0v) is 24.8. The summed E-state index contributed by atoms with van der Waals surface area (Å²) in [5.74, 6) is -1.31. The van der Waals surface area contributed by atoms with E-state index in [0.29, 0.717) is 17.7 Å². The second-order valence-corrected chi connectivity index (χ2v) is 12.3. The number of sulfonamides is 1. The van der Waals surface area contributed by atoms with Crippen molar-refractivity contribution in [1.29, 1.82) is 0 Å². The van der Waals surface area contributed by atoms with Gasteiger partial charge in [-0.15, -0.1) is 0 Å². The third-order valence-corrected chi connectivity index (χ3v) is 8.25. The molecule has 3 aromatic rings. The number of benzene rings is 3. The number of hydrogen-bond acceptors (Lipinski definition) is 4. The molecule has 3 rings (SSSR count). The fourth-order valence-corrected chi connectivity index (χ4v) is 5.95. The Bertz CT molecular complexity index is 1420. The highest BCUT2D eigenvalue weighted by Crippen LogP contribution is 2.27. The number of rotatable bonds is 11. The SMILES string of the molecule is CC[C@@H](C(=O)NC(C)C)N(Cc1ccc(F)cc1)C(=O)CN(c1cc(C)cc(C)c1)S(=O)(=O)c1ccc(C)cc1. The second kappa shape index (κ2) is 13.1. The maximum absolute atomic E-state index is 14.1. The van der Waals surface area contributed by atoms with Crippen molar-refractivity contribution < 1.29 is 22.4 Å². The average Bonchev–Trinajstić information content (AvgIpc) is 2.87. The Morgan fingerprint density at radius 3 is 1.98 bits per heavy atom. The molecule has 0 aliphatic heterocycles. The molecule has 9 heteroatoms. The fraction of sp³-hybridized carbons (Fsp3) is 0.355. The normalized spacial score (nSPS) is 12.2. The Labute approximate surface area is 237 Å². The van der Waals surface area contributed by atoms with Gasteiger partial charge in [0.1, 0.15) is 18.4 Å². The minimum atomic E-state index is -4.15. The van der Waals surface area contributed by atoms with Crippen molar-refractivity contribution in [1.82, 2.24) is 10.2 Å². The largest absolute Gasteiger partial charge is 0.352 e. The van der Waals surface area contributed by atoms with Crippen LogP contribution in [-0.4, -0.2) is 43.8 Å². The van der Waals surface area contributed by atoms with Gasteiger partial charge in [0.15, 0.2) is 0 Å². The number of nitrogens with one attached hydrogen (secondary N) is 1. The number of amides is 2. The van der Waals surface area contributed by atoms with Gasteiger partial charge in [0.25, 0.3) is 10.0 Å². The third kappa shape index (κ3) is 7.69. The predicted molar refractivity (Wildman–Crippen MR) is 156 cm³/mol. The van der Waals surface area contributed by atoms with Gasteiger partial charge in [-0.05, 0) is 94.1 Å². The molecule has 0 aliphatic rings. The van der Waals surface area contributed by atoms with E-state index in [1.54, 1.807) is 43.3 Å². The molecular weight excluding hydrogens is 529 g/mol. The average molecular weight is 568 g/mol. The summed E-state index contributed by atoms with van der Waals surface area (Å²) in [5.41, 5.74) is 3.56. The van der Waals surface area contributed by atoms with Crippen LogP contribution in [0.25, 0.3) is 0 Å². The molecular formula is C31H38FN3O4S. The summed E-state index contributed by atoms with van der Waals surface area (Å²) in [6.07, 6.45) is 0.305. The summed E-state index contributed by atoms with van der Waals surface area (Å²) in [6.45, 7) is 10.5. The van der Waals surface area contributed by atoms with Crippen LogP contribution in [0.5, 0.6) is 0 Å². The fourth-order valence-electron chi connectivity index (χ4n) is 4.55. The summed E-state index contributed by atoms with van der Waals surface area (Å²) in [4.78, 5) is 28.7. The van der Waals surface area contributed by atoms with Crippen LogP contribution in [0.3, 0.4) is 0 Å². The molecule has 1 atom stereocenters. The maximum Gasteiger partial charge on any atom is 0.264 e. The minimum absolute atomic E-state index is 0.00833. The van der Waals surface area contributed by atoms with Gasteiger partial charge in [-0.2, -0.15) is 0 Å². The van der Waals surface area contributed by atoms with Gasteiger partial charge in [-0.3, -0.25) is 13.9 Å². The molecule has 0 fully saturated rings. The van der Waals surface area contributed by atoms with Crippen LogP contribution in [0.2, 0.25) is 0 Å². The zero-order chi connectivity index (χ0) is 29.6. The molecule has 0 radical (unpaired) electrons. The third-order valence-electron chi connectivity index (χ3n) is 6.47. The molecule has 1 N–H and O–H groups in total. The van der Waals surface area contributed by atoms with Crippen molar-refractivity contribution in [2.45, 2.75) is 71.5 Å². The first-order chi connectivity index (χ1) is 18.8. The molecule has 214 valence electrons. The van der Waals surface area contributed by atoms with Crippen LogP contribution in [0.4, 0.5) is 10.1 Å². The number of carbonyl (C=O) groups is 2. The van der Waals surface area contributed by atoms with Crippen LogP contribution in [0.1, 0.15) is 49.4 Å². The van der Waals surface area contributed by atoms with Crippen molar-refractivity contribution in [2.75, 3.05) is 10.8 Å². The molecule has 0 spiro atoms. The quantitative estimate of drug-likeness (QED) is 0.342. The highest BCUT2D eigenvalue weighted by molar-refractivity contribution is 7.92. The van der Waals surface area contributed by atoms with Gasteiger partial charge in [-0.25, -0.2) is 12.8 Å². The van der Waals surface area contributed by atoms with Crippen LogP contribution < -0.4 is 9.62 Å². The van der Waals surface area contributed by atoms with E-state index in [1.807, 2.05) is 40.7 Å². The monoisotopic (exact) mass is 567 g/mol. The van der Waals surface area contributed by atoms with Crippen molar-refractivity contribution in [3.8, 4) is 0 Å². The van der Waals surface area contributed by atoms with Crippen molar-refractivity contribution >= 4 is 27.5 Å². The van der Waals surface area contributed by atoms with E-state index in [1.165, 1.54) is 29.2 Å². The first-order valence-electron chi connectivity index (χ1n) is 13.3. The van der Waals surface area contributed by atoms with Crippen LogP contribution in [-0.2, 0) is 26.2 Å². The van der Waals surface area contributed by atoms with Gasteiger partial charge < -0.3 is 10.2 Å². The summed E-state index contributed by atoms with van der Waals surface area (Å²) < 4.78 is 42.7. The Morgan fingerprint density at radius 1 is 0.875 bits per heavy atom. The molecule has 2 amide bonds. The second-order valence-electron chi connectivity index (χ2n) is 10.4. The Morgan fingerprint density at radius 2 is 1.45 bits per heavy atom. The van der Waals surface area contributed by atoms with Gasteiger partial charge >= 0.3 is 0 Å².